The van der Waals surface area contributed by atoms with Crippen LogP contribution in [0, 0.1) is 11.3 Å². The maximum absolute atomic E-state index is 6.08. The molecular formula is C18H32N6O. The highest BCUT2D eigenvalue weighted by molar-refractivity contribution is 5.79. The largest absolute Gasteiger partial charge is 0.377 e. The summed E-state index contributed by atoms with van der Waals surface area (Å²) in [5.74, 6) is 2.46. The molecule has 0 aliphatic carbocycles. The summed E-state index contributed by atoms with van der Waals surface area (Å²) in [6, 6.07) is 0.335. The quantitative estimate of drug-likeness (QED) is 0.641. The minimum atomic E-state index is 0.163. The topological polar surface area (TPSA) is 76.4 Å². The first-order chi connectivity index (χ1) is 12.0. The van der Waals surface area contributed by atoms with Gasteiger partial charge in [-0.1, -0.05) is 20.8 Å². The van der Waals surface area contributed by atoms with Crippen LogP contribution in [-0.4, -0.2) is 53.1 Å². The third-order valence-corrected chi connectivity index (χ3v) is 5.20. The number of ether oxygens (including phenoxy) is 1. The number of fused-ring (bicyclic) bond motifs is 1. The zero-order valence-corrected chi connectivity index (χ0v) is 16.0. The molecule has 2 aliphatic rings. The molecule has 0 amide bonds. The van der Waals surface area contributed by atoms with Crippen LogP contribution in [0.1, 0.15) is 45.9 Å². The third kappa shape index (κ3) is 4.51. The Balaban J connectivity index is 1.52. The van der Waals surface area contributed by atoms with E-state index in [1.807, 2.05) is 11.7 Å². The Kier molecular flexibility index (Phi) is 5.61. The van der Waals surface area contributed by atoms with Gasteiger partial charge in [-0.25, -0.2) is 9.67 Å². The first-order valence-corrected chi connectivity index (χ1v) is 9.43. The first kappa shape index (κ1) is 18.2. The van der Waals surface area contributed by atoms with Crippen LogP contribution < -0.4 is 10.6 Å². The lowest BCUT2D eigenvalue weighted by atomic mass is 9.78. The molecule has 0 radical (unpaired) electrons. The molecule has 3 atom stereocenters. The Bertz CT molecular complexity index is 591. The third-order valence-electron chi connectivity index (χ3n) is 5.20. The summed E-state index contributed by atoms with van der Waals surface area (Å²) in [4.78, 5) is 8.69. The second-order valence-corrected chi connectivity index (χ2v) is 8.25. The van der Waals surface area contributed by atoms with Gasteiger partial charge in [-0.2, -0.15) is 5.10 Å². The van der Waals surface area contributed by atoms with Crippen molar-refractivity contribution in [1.29, 1.82) is 0 Å². The number of nitrogens with one attached hydrogen (secondary N) is 2. The minimum absolute atomic E-state index is 0.163. The van der Waals surface area contributed by atoms with Crippen molar-refractivity contribution in [2.45, 2.75) is 65.1 Å². The van der Waals surface area contributed by atoms with Crippen molar-refractivity contribution in [2.24, 2.45) is 16.3 Å². The van der Waals surface area contributed by atoms with Crippen molar-refractivity contribution in [3.63, 3.8) is 0 Å². The van der Waals surface area contributed by atoms with Crippen molar-refractivity contribution in [3.05, 3.63) is 12.2 Å². The lowest BCUT2D eigenvalue weighted by Crippen LogP contribution is -2.50. The van der Waals surface area contributed by atoms with Crippen LogP contribution in [0.4, 0.5) is 0 Å². The molecule has 0 bridgehead atoms. The lowest BCUT2D eigenvalue weighted by Gasteiger charge is -2.40. The fraction of sp³-hybridized carbons (Fsp3) is 0.833. The average Bonchev–Trinajstić information content (AvgIpc) is 3.05. The highest BCUT2D eigenvalue weighted by Gasteiger charge is 2.35. The smallest absolute Gasteiger partial charge is 0.191 e. The number of hydrogen-bond acceptors (Lipinski definition) is 4. The van der Waals surface area contributed by atoms with E-state index < -0.39 is 0 Å². The van der Waals surface area contributed by atoms with Crippen LogP contribution in [0.3, 0.4) is 0 Å². The van der Waals surface area contributed by atoms with Gasteiger partial charge >= 0.3 is 0 Å². The first-order valence-electron chi connectivity index (χ1n) is 9.43. The van der Waals surface area contributed by atoms with E-state index in [4.69, 9.17) is 4.74 Å². The van der Waals surface area contributed by atoms with Gasteiger partial charge in [0.1, 0.15) is 12.2 Å². The number of nitrogens with zero attached hydrogens (tertiary/aromatic N) is 4. The SMILES string of the molecule is CN=C(NCC1CCCOC1C(C)(C)C)NC1CCc2ncnn2C1. The predicted octanol–water partition coefficient (Wildman–Crippen LogP) is 1.60. The molecule has 2 aliphatic heterocycles. The summed E-state index contributed by atoms with van der Waals surface area (Å²) in [5, 5.41) is 11.3. The molecule has 1 aromatic heterocycles. The van der Waals surface area contributed by atoms with Gasteiger partial charge in [-0.05, 0) is 24.7 Å². The highest BCUT2D eigenvalue weighted by Crippen LogP contribution is 2.33. The molecule has 140 valence electrons. The maximum Gasteiger partial charge on any atom is 0.191 e. The summed E-state index contributed by atoms with van der Waals surface area (Å²) >= 11 is 0. The average molecular weight is 348 g/mol. The standard InChI is InChI=1S/C18H32N6O/c1-18(2,3)16-13(6-5-9-25-16)10-20-17(19-4)23-14-7-8-15-21-12-22-24(15)11-14/h12-14,16H,5-11H2,1-4H3,(H2,19,20,23). The molecule has 0 saturated carbocycles. The Morgan fingerprint density at radius 2 is 2.24 bits per heavy atom. The van der Waals surface area contributed by atoms with Gasteiger partial charge in [0.05, 0.1) is 12.6 Å². The van der Waals surface area contributed by atoms with Crippen LogP contribution >= 0.6 is 0 Å². The van der Waals surface area contributed by atoms with E-state index in [0.717, 1.165) is 50.7 Å². The number of aliphatic imine (C=N–C) groups is 1. The summed E-state index contributed by atoms with van der Waals surface area (Å²) in [6.07, 6.45) is 6.29. The van der Waals surface area contributed by atoms with Crippen LogP contribution in [0.5, 0.6) is 0 Å². The van der Waals surface area contributed by atoms with Gasteiger partial charge in [-0.3, -0.25) is 4.99 Å². The van der Waals surface area contributed by atoms with Crippen molar-refractivity contribution in [1.82, 2.24) is 25.4 Å². The van der Waals surface area contributed by atoms with Crippen molar-refractivity contribution >= 4 is 5.96 Å². The fourth-order valence-corrected chi connectivity index (χ4v) is 3.98. The molecule has 2 N–H and O–H groups in total. The molecule has 3 rings (SSSR count). The molecular weight excluding hydrogens is 316 g/mol. The normalized spacial score (nSPS) is 27.7. The zero-order valence-electron chi connectivity index (χ0n) is 16.0. The number of aryl methyl sites for hydroxylation is 1. The molecule has 1 saturated heterocycles. The van der Waals surface area contributed by atoms with E-state index in [1.54, 1.807) is 6.33 Å². The molecule has 25 heavy (non-hydrogen) atoms. The van der Waals surface area contributed by atoms with Gasteiger partial charge in [0.15, 0.2) is 5.96 Å². The van der Waals surface area contributed by atoms with Crippen LogP contribution in [0.15, 0.2) is 11.3 Å². The minimum Gasteiger partial charge on any atom is -0.377 e. The second-order valence-electron chi connectivity index (χ2n) is 8.25. The second kappa shape index (κ2) is 7.72. The zero-order chi connectivity index (χ0) is 17.9. The maximum atomic E-state index is 6.08. The number of aromatic nitrogens is 3. The van der Waals surface area contributed by atoms with Gasteiger partial charge < -0.3 is 15.4 Å². The molecule has 7 nitrogen and oxygen atoms in total. The van der Waals surface area contributed by atoms with Gasteiger partial charge in [-0.15, -0.1) is 0 Å². The van der Waals surface area contributed by atoms with E-state index in [1.165, 1.54) is 6.42 Å². The Morgan fingerprint density at radius 3 is 3.00 bits per heavy atom. The fourth-order valence-electron chi connectivity index (χ4n) is 3.98. The van der Waals surface area contributed by atoms with E-state index in [9.17, 15) is 0 Å². The Morgan fingerprint density at radius 1 is 1.40 bits per heavy atom. The lowest BCUT2D eigenvalue weighted by molar-refractivity contribution is -0.0835. The van der Waals surface area contributed by atoms with E-state index in [-0.39, 0.29) is 5.41 Å². The van der Waals surface area contributed by atoms with Gasteiger partial charge in [0.25, 0.3) is 0 Å². The van der Waals surface area contributed by atoms with Crippen molar-refractivity contribution in [2.75, 3.05) is 20.2 Å². The number of hydrogen-bond donors (Lipinski definition) is 2. The molecule has 7 heteroatoms. The molecule has 1 fully saturated rings. The predicted molar refractivity (Wildman–Crippen MR) is 98.5 cm³/mol. The molecule has 1 aromatic rings. The summed E-state index contributed by atoms with van der Waals surface area (Å²) in [6.45, 7) is 9.41. The van der Waals surface area contributed by atoms with Crippen LogP contribution in [0.25, 0.3) is 0 Å². The summed E-state index contributed by atoms with van der Waals surface area (Å²) in [5.41, 5.74) is 0.163. The number of guanidine groups is 1. The van der Waals surface area contributed by atoms with Crippen LogP contribution in [0.2, 0.25) is 0 Å². The molecule has 0 spiro atoms. The van der Waals surface area contributed by atoms with E-state index in [2.05, 4.69) is 46.5 Å². The van der Waals surface area contributed by atoms with Crippen LogP contribution in [-0.2, 0) is 17.7 Å². The molecule has 0 aromatic carbocycles. The number of rotatable bonds is 3. The Labute approximate surface area is 150 Å². The molecule has 3 heterocycles. The van der Waals surface area contributed by atoms with Crippen molar-refractivity contribution < 1.29 is 4.74 Å². The highest BCUT2D eigenvalue weighted by atomic mass is 16.5. The Hall–Kier alpha value is -1.63. The monoisotopic (exact) mass is 348 g/mol. The van der Waals surface area contributed by atoms with E-state index in [0.29, 0.717) is 18.1 Å². The van der Waals surface area contributed by atoms with E-state index >= 15 is 0 Å². The molecule has 3 unspecified atom stereocenters. The summed E-state index contributed by atoms with van der Waals surface area (Å²) < 4.78 is 8.07. The van der Waals surface area contributed by atoms with Crippen molar-refractivity contribution in [3.8, 4) is 0 Å². The summed E-state index contributed by atoms with van der Waals surface area (Å²) in [7, 11) is 1.83. The van der Waals surface area contributed by atoms with Gasteiger partial charge in [0, 0.05) is 38.6 Å². The van der Waals surface area contributed by atoms with Gasteiger partial charge in [0.2, 0.25) is 0 Å².